The van der Waals surface area contributed by atoms with E-state index in [0.717, 1.165) is 31.1 Å². The third-order valence-electron chi connectivity index (χ3n) is 4.93. The fourth-order valence-electron chi connectivity index (χ4n) is 3.53. The molecule has 0 aliphatic heterocycles. The van der Waals surface area contributed by atoms with E-state index in [4.69, 9.17) is 0 Å². The lowest BCUT2D eigenvalue weighted by Gasteiger charge is -2.23. The van der Waals surface area contributed by atoms with Gasteiger partial charge in [0.25, 0.3) is 11.5 Å². The standard InChI is InChI=1S/C20H26N2O2/c1-2-3-13-22-18(19(23)21-16-10-5-4-6-11-16)14-15-9-7-8-12-17(15)20(22)24/h7-9,12,14,16H,2-6,10-11,13H2,1H3,(H,21,23). The highest BCUT2D eigenvalue weighted by Gasteiger charge is 2.20. The number of aromatic nitrogens is 1. The van der Waals surface area contributed by atoms with Crippen LogP contribution in [0.2, 0.25) is 0 Å². The Morgan fingerprint density at radius 1 is 1.21 bits per heavy atom. The minimum absolute atomic E-state index is 0.0599. The number of nitrogens with zero attached hydrogens (tertiary/aromatic N) is 1. The fourth-order valence-corrected chi connectivity index (χ4v) is 3.53. The van der Waals surface area contributed by atoms with Crippen molar-refractivity contribution in [3.8, 4) is 0 Å². The highest BCUT2D eigenvalue weighted by Crippen LogP contribution is 2.18. The van der Waals surface area contributed by atoms with Gasteiger partial charge >= 0.3 is 0 Å². The third kappa shape index (κ3) is 3.53. The van der Waals surface area contributed by atoms with Crippen molar-refractivity contribution in [1.29, 1.82) is 0 Å². The molecule has 0 saturated heterocycles. The van der Waals surface area contributed by atoms with Crippen LogP contribution in [0.5, 0.6) is 0 Å². The van der Waals surface area contributed by atoms with E-state index in [1.54, 1.807) is 4.57 Å². The maximum Gasteiger partial charge on any atom is 0.268 e. The normalized spacial score (nSPS) is 15.5. The molecule has 1 aromatic carbocycles. The topological polar surface area (TPSA) is 51.1 Å². The molecule has 128 valence electrons. The first-order chi connectivity index (χ1) is 11.7. The first kappa shape index (κ1) is 16.7. The number of unbranched alkanes of at least 4 members (excludes halogenated alkanes) is 1. The van der Waals surface area contributed by atoms with Gasteiger partial charge in [-0.2, -0.15) is 0 Å². The van der Waals surface area contributed by atoms with Crippen molar-refractivity contribution >= 4 is 16.7 Å². The maximum absolute atomic E-state index is 12.8. The average molecular weight is 326 g/mol. The largest absolute Gasteiger partial charge is 0.348 e. The Hall–Kier alpha value is -2.10. The maximum atomic E-state index is 12.8. The van der Waals surface area contributed by atoms with Crippen LogP contribution in [0.25, 0.3) is 10.8 Å². The Bertz CT molecular complexity index is 773. The molecule has 1 aromatic heterocycles. The summed E-state index contributed by atoms with van der Waals surface area (Å²) < 4.78 is 1.66. The zero-order chi connectivity index (χ0) is 16.9. The van der Waals surface area contributed by atoms with Crippen molar-refractivity contribution in [3.05, 3.63) is 46.4 Å². The molecule has 1 N–H and O–H groups in total. The number of rotatable bonds is 5. The van der Waals surface area contributed by atoms with Gasteiger partial charge in [-0.25, -0.2) is 0 Å². The Labute approximate surface area is 142 Å². The molecule has 3 rings (SSSR count). The number of hydrogen-bond acceptors (Lipinski definition) is 2. The molecule has 24 heavy (non-hydrogen) atoms. The quantitative estimate of drug-likeness (QED) is 0.907. The summed E-state index contributed by atoms with van der Waals surface area (Å²) in [5, 5.41) is 4.67. The van der Waals surface area contributed by atoms with Gasteiger partial charge in [-0.05, 0) is 36.8 Å². The molecule has 2 aromatic rings. The van der Waals surface area contributed by atoms with Crippen molar-refractivity contribution in [1.82, 2.24) is 9.88 Å². The Morgan fingerprint density at radius 2 is 1.96 bits per heavy atom. The lowest BCUT2D eigenvalue weighted by molar-refractivity contribution is 0.0917. The summed E-state index contributed by atoms with van der Waals surface area (Å²) in [4.78, 5) is 25.7. The van der Waals surface area contributed by atoms with E-state index in [9.17, 15) is 9.59 Å². The predicted octanol–water partition coefficient (Wildman–Crippen LogP) is 3.86. The minimum Gasteiger partial charge on any atom is -0.348 e. The fraction of sp³-hybridized carbons (Fsp3) is 0.500. The number of carbonyl (C=O) groups is 1. The molecule has 1 heterocycles. The smallest absolute Gasteiger partial charge is 0.268 e. The van der Waals surface area contributed by atoms with Crippen LogP contribution >= 0.6 is 0 Å². The summed E-state index contributed by atoms with van der Waals surface area (Å²) in [7, 11) is 0. The second kappa shape index (κ2) is 7.65. The van der Waals surface area contributed by atoms with Crippen LogP contribution in [0.15, 0.2) is 35.1 Å². The van der Waals surface area contributed by atoms with Crippen LogP contribution in [0.4, 0.5) is 0 Å². The molecule has 0 unspecified atom stereocenters. The van der Waals surface area contributed by atoms with Gasteiger partial charge in [0.1, 0.15) is 5.69 Å². The van der Waals surface area contributed by atoms with Crippen molar-refractivity contribution < 1.29 is 4.79 Å². The summed E-state index contributed by atoms with van der Waals surface area (Å²) >= 11 is 0. The Kier molecular flexibility index (Phi) is 5.34. The molecule has 1 fully saturated rings. The zero-order valence-electron chi connectivity index (χ0n) is 14.4. The molecule has 1 aliphatic carbocycles. The van der Waals surface area contributed by atoms with Gasteiger partial charge in [-0.1, -0.05) is 50.8 Å². The molecular formula is C20H26N2O2. The number of pyridine rings is 1. The summed E-state index contributed by atoms with van der Waals surface area (Å²) in [5.41, 5.74) is 0.438. The van der Waals surface area contributed by atoms with Crippen LogP contribution in [0, 0.1) is 0 Å². The molecule has 0 radical (unpaired) electrons. The summed E-state index contributed by atoms with van der Waals surface area (Å²) in [6.45, 7) is 2.68. The average Bonchev–Trinajstić information content (AvgIpc) is 2.61. The third-order valence-corrected chi connectivity index (χ3v) is 4.93. The van der Waals surface area contributed by atoms with Gasteiger partial charge in [0.2, 0.25) is 0 Å². The van der Waals surface area contributed by atoms with Crippen molar-refractivity contribution in [2.45, 2.75) is 64.5 Å². The summed E-state index contributed by atoms with van der Waals surface area (Å²) in [5.74, 6) is -0.110. The van der Waals surface area contributed by atoms with E-state index in [0.29, 0.717) is 17.6 Å². The molecule has 4 nitrogen and oxygen atoms in total. The first-order valence-corrected chi connectivity index (χ1v) is 9.14. The van der Waals surface area contributed by atoms with E-state index < -0.39 is 0 Å². The molecular weight excluding hydrogens is 300 g/mol. The van der Waals surface area contributed by atoms with Crippen LogP contribution < -0.4 is 10.9 Å². The number of amides is 1. The van der Waals surface area contributed by atoms with Gasteiger partial charge in [0.05, 0.1) is 0 Å². The van der Waals surface area contributed by atoms with Gasteiger partial charge in [-0.3, -0.25) is 9.59 Å². The van der Waals surface area contributed by atoms with Crippen molar-refractivity contribution in [2.75, 3.05) is 0 Å². The summed E-state index contributed by atoms with van der Waals surface area (Å²) in [6.07, 6.45) is 7.56. The lowest BCUT2D eigenvalue weighted by Crippen LogP contribution is -2.39. The minimum atomic E-state index is -0.110. The first-order valence-electron chi connectivity index (χ1n) is 9.14. The number of fused-ring (bicyclic) bond motifs is 1. The van der Waals surface area contributed by atoms with E-state index in [1.807, 2.05) is 30.3 Å². The van der Waals surface area contributed by atoms with Crippen LogP contribution in [0.3, 0.4) is 0 Å². The van der Waals surface area contributed by atoms with Crippen LogP contribution in [-0.2, 0) is 6.54 Å². The van der Waals surface area contributed by atoms with Crippen molar-refractivity contribution in [2.24, 2.45) is 0 Å². The van der Waals surface area contributed by atoms with E-state index >= 15 is 0 Å². The second-order valence-electron chi connectivity index (χ2n) is 6.74. The zero-order valence-corrected chi connectivity index (χ0v) is 14.4. The number of nitrogens with one attached hydrogen (secondary N) is 1. The van der Waals surface area contributed by atoms with E-state index in [2.05, 4.69) is 12.2 Å². The van der Waals surface area contributed by atoms with Gasteiger partial charge < -0.3 is 9.88 Å². The van der Waals surface area contributed by atoms with E-state index in [-0.39, 0.29) is 17.5 Å². The highest BCUT2D eigenvalue weighted by molar-refractivity contribution is 5.96. The van der Waals surface area contributed by atoms with Crippen LogP contribution in [-0.4, -0.2) is 16.5 Å². The van der Waals surface area contributed by atoms with Crippen LogP contribution in [0.1, 0.15) is 62.4 Å². The molecule has 1 aliphatic rings. The predicted molar refractivity (Wildman–Crippen MR) is 97.5 cm³/mol. The van der Waals surface area contributed by atoms with Gasteiger partial charge in [0, 0.05) is 18.0 Å². The highest BCUT2D eigenvalue weighted by atomic mass is 16.2. The van der Waals surface area contributed by atoms with Crippen molar-refractivity contribution in [3.63, 3.8) is 0 Å². The summed E-state index contributed by atoms with van der Waals surface area (Å²) in [6, 6.07) is 9.62. The molecule has 0 atom stereocenters. The Morgan fingerprint density at radius 3 is 2.71 bits per heavy atom. The Balaban J connectivity index is 1.97. The number of carbonyl (C=O) groups excluding carboxylic acids is 1. The number of benzene rings is 1. The van der Waals surface area contributed by atoms with E-state index in [1.165, 1.54) is 19.3 Å². The molecule has 1 saturated carbocycles. The molecule has 0 spiro atoms. The lowest BCUT2D eigenvalue weighted by atomic mass is 9.95. The van der Waals surface area contributed by atoms with Gasteiger partial charge in [0.15, 0.2) is 0 Å². The van der Waals surface area contributed by atoms with Gasteiger partial charge in [-0.15, -0.1) is 0 Å². The molecule has 4 heteroatoms. The molecule has 0 bridgehead atoms. The SMILES string of the molecule is CCCCn1c(C(=O)NC2CCCCC2)cc2ccccc2c1=O. The monoisotopic (exact) mass is 326 g/mol. The molecule has 1 amide bonds. The second-order valence-corrected chi connectivity index (χ2v) is 6.74. The number of hydrogen-bond donors (Lipinski definition) is 1.